The van der Waals surface area contributed by atoms with Crippen molar-refractivity contribution in [3.63, 3.8) is 0 Å². The number of nitrogens with zero attached hydrogens (tertiary/aromatic N) is 2. The summed E-state index contributed by atoms with van der Waals surface area (Å²) in [5, 5.41) is 103. The standard InChI is InChI=1S/C14H10F2N2O8S2.C13H18O4.C12H8Cl2O4S2.C12H14O4.C9H16O4.C8H8O6.C6H10O6/c15-27(23,24)3-1-17-11(19)7-5-9-10(6-8(7)12(17)20)14(22)18(13(9)21)2-4-28(16,25)26;14-11(15)10(12(16)17)13-4-7-1-8(5-13)3-9(2-7)6-13;13-19(15,16)11-5-1-9(2-6-11)10-3-7-12(8-4-10)20(14,17)18;1-8-4-2-3-5-9(8)6-10(12(15)16)7-11(13)14;10-8(11)6-4-2-1-3-5-7-9(12)13;9-5-1-3(7(11)12)4(8(13)14)2-6(5)10;7-5(8)3-11-1-2-12-4-6(9)10/h5-6H,1-4H2;7-10H,1-6H2,(H,14,15)(H,16,17);1-8H;2-5,10H,6-7H2,1H3,(H,13,14)(H,15,16);1-7H2,(H,10,11)(H,12,13);1-2,5-6,9-10H,(H,11,12)(H,13,14);1-4H2,(H,7,8)(H,9,10)/t;;;;;5-,6+;. The number of aromatic nitrogens is 2. The lowest BCUT2D eigenvalue weighted by Gasteiger charge is -2.57. The van der Waals surface area contributed by atoms with Gasteiger partial charge in [0.2, 0.25) is 0 Å². The first-order valence-corrected chi connectivity index (χ1v) is 43.5. The maximum Gasteiger partial charge on any atom is 0.336 e. The van der Waals surface area contributed by atoms with Gasteiger partial charge in [0, 0.05) is 47.3 Å². The summed E-state index contributed by atoms with van der Waals surface area (Å²) in [7, 11) is -6.95. The van der Waals surface area contributed by atoms with Gasteiger partial charge in [0.05, 0.1) is 79.5 Å². The summed E-state index contributed by atoms with van der Waals surface area (Å²) in [6.07, 6.45) is 9.34. The van der Waals surface area contributed by atoms with E-state index in [1.165, 1.54) is 43.5 Å². The second kappa shape index (κ2) is 45.7. The van der Waals surface area contributed by atoms with Gasteiger partial charge >= 0.3 is 80.1 Å². The molecule has 11 rings (SSSR count). The highest BCUT2D eigenvalue weighted by atomic mass is 35.7. The predicted octanol–water partition coefficient (Wildman–Crippen LogP) is 5.24. The van der Waals surface area contributed by atoms with Gasteiger partial charge in [-0.25, -0.2) is 36.0 Å². The molecule has 1 unspecified atom stereocenters. The van der Waals surface area contributed by atoms with Crippen LogP contribution in [0, 0.1) is 41.9 Å². The van der Waals surface area contributed by atoms with E-state index in [4.69, 9.17) is 72.4 Å². The van der Waals surface area contributed by atoms with E-state index in [0.29, 0.717) is 39.7 Å². The molecule has 0 aliphatic heterocycles. The quantitative estimate of drug-likeness (QED) is 0.0140. The predicted molar refractivity (Wildman–Crippen MR) is 418 cm³/mol. The van der Waals surface area contributed by atoms with Gasteiger partial charge in [-0.05, 0) is 159 Å². The Bertz CT molecular complexity index is 5120. The number of hydrogen-bond donors (Lipinski definition) is 12. The van der Waals surface area contributed by atoms with Crippen LogP contribution in [0.1, 0.15) is 101 Å². The van der Waals surface area contributed by atoms with E-state index in [9.17, 15) is 119 Å². The van der Waals surface area contributed by atoms with Gasteiger partial charge < -0.3 is 70.8 Å². The lowest BCUT2D eigenvalue weighted by Crippen LogP contribution is -2.53. The third kappa shape index (κ3) is 32.9. The molecule has 6 aromatic rings. The van der Waals surface area contributed by atoms with Crippen molar-refractivity contribution in [2.24, 2.45) is 35.0 Å². The zero-order valence-electron chi connectivity index (χ0n) is 63.2. The van der Waals surface area contributed by atoms with Crippen LogP contribution in [0.15, 0.2) is 137 Å². The molecule has 4 bridgehead atoms. The first kappa shape index (κ1) is 102. The highest BCUT2D eigenvalue weighted by molar-refractivity contribution is 8.14. The van der Waals surface area contributed by atoms with Gasteiger partial charge in [0.15, 0.2) is 5.92 Å². The minimum atomic E-state index is -4.94. The second-order valence-electron chi connectivity index (χ2n) is 27.7. The molecule has 46 heteroatoms. The Morgan fingerprint density at radius 3 is 1.08 bits per heavy atom. The monoisotopic (exact) mass is 1810 g/mol. The van der Waals surface area contributed by atoms with Gasteiger partial charge in [-0.3, -0.25) is 57.1 Å². The Morgan fingerprint density at radius 2 is 0.808 bits per heavy atom. The molecular weight excluding hydrogens is 1730 g/mol. The van der Waals surface area contributed by atoms with E-state index >= 15 is 0 Å². The lowest BCUT2D eigenvalue weighted by atomic mass is 9.46. The molecule has 2 aromatic heterocycles. The molecule has 0 amide bonds. The van der Waals surface area contributed by atoms with Crippen molar-refractivity contribution in [2.75, 3.05) is 37.9 Å². The van der Waals surface area contributed by atoms with Crippen molar-refractivity contribution in [2.45, 2.75) is 138 Å². The number of carboxylic acids is 10. The number of fused-ring (bicyclic) bond motifs is 2. The molecule has 4 saturated carbocycles. The van der Waals surface area contributed by atoms with Crippen LogP contribution in [0.4, 0.5) is 7.77 Å². The SMILES string of the molecule is Cc1ccccc1CC(CC(=O)O)C(=O)O.O=C(O)C(C(=O)O)C12CC3CC(CC(C3)C1)C2.O=C(O)C1=C[C@@H](O)[C@@H](O)C=C1C(=O)O.O=C(O)CCCCCCCC(=O)O.O=C(O)COCCOCC(=O)O.O=S(=O)(Cl)c1ccc(-c2ccc(S(=O)(=O)Cl)cc2)cc1.O=c1c2cc3c(=O)n(CCS(=O)(=O)F)c(=O)c3cc2c(=O)n1CCS(=O)(=O)F. The average Bonchev–Trinajstić information content (AvgIpc) is 0.971. The summed E-state index contributed by atoms with van der Waals surface area (Å²) in [4.78, 5) is 154. The minimum absolute atomic E-state index is 0.00266. The van der Waals surface area contributed by atoms with Crippen molar-refractivity contribution < 1.29 is 160 Å². The third-order valence-electron chi connectivity index (χ3n) is 18.9. The van der Waals surface area contributed by atoms with Crippen molar-refractivity contribution in [1.29, 1.82) is 0 Å². The van der Waals surface area contributed by atoms with Crippen molar-refractivity contribution in [3.8, 4) is 11.1 Å². The normalized spacial score (nSPS) is 17.9. The summed E-state index contributed by atoms with van der Waals surface area (Å²) in [6, 6.07) is 21.1. The molecule has 3 atom stereocenters. The Hall–Kier alpha value is -10.6. The fraction of sp³-hybridized carbons (Fsp3) is 0.432. The highest BCUT2D eigenvalue weighted by Gasteiger charge is 2.58. The number of benzene rings is 4. The highest BCUT2D eigenvalue weighted by Crippen LogP contribution is 2.63. The van der Waals surface area contributed by atoms with Gasteiger partial charge in [0.1, 0.15) is 25.4 Å². The maximum atomic E-state index is 12.7. The molecule has 2 heterocycles. The van der Waals surface area contributed by atoms with Crippen molar-refractivity contribution >= 4 is 141 Å². The van der Waals surface area contributed by atoms with Crippen LogP contribution >= 0.6 is 21.4 Å². The van der Waals surface area contributed by atoms with E-state index in [0.717, 1.165) is 85.1 Å². The summed E-state index contributed by atoms with van der Waals surface area (Å²) >= 11 is 0. The summed E-state index contributed by atoms with van der Waals surface area (Å²) in [6.45, 7) is -0.239. The molecule has 5 aliphatic carbocycles. The number of aryl methyl sites for hydroxylation is 1. The van der Waals surface area contributed by atoms with Gasteiger partial charge in [0.25, 0.3) is 40.3 Å². The smallest absolute Gasteiger partial charge is 0.336 e. The number of ether oxygens (including phenoxy) is 2. The Labute approximate surface area is 689 Å². The topological polar surface area (TPSA) is 647 Å². The molecular formula is C74H84Cl2F2N2O36S4. The van der Waals surface area contributed by atoms with Gasteiger partial charge in [-0.1, -0.05) is 67.8 Å². The molecule has 12 N–H and O–H groups in total. The van der Waals surface area contributed by atoms with E-state index in [1.54, 1.807) is 24.3 Å². The number of halogens is 4. The number of carbonyl (C=O) groups is 10. The molecule has 4 aromatic carbocycles. The molecule has 0 saturated heterocycles. The average molecular weight is 1810 g/mol. The van der Waals surface area contributed by atoms with Crippen LogP contribution in [0.5, 0.6) is 0 Å². The largest absolute Gasteiger partial charge is 0.481 e. The minimum Gasteiger partial charge on any atom is -0.481 e. The first-order chi connectivity index (χ1) is 55.7. The van der Waals surface area contributed by atoms with Crippen LogP contribution in [0.25, 0.3) is 32.7 Å². The van der Waals surface area contributed by atoms with E-state index < -0.39 is 199 Å². The lowest BCUT2D eigenvalue weighted by molar-refractivity contribution is -0.173. The molecule has 0 spiro atoms. The fourth-order valence-electron chi connectivity index (χ4n) is 13.8. The second-order valence-corrected chi connectivity index (χ2v) is 35.8. The Balaban J connectivity index is 0.000000300. The maximum absolute atomic E-state index is 12.7. The van der Waals surface area contributed by atoms with E-state index in [2.05, 4.69) is 9.47 Å². The number of aliphatic carboxylic acids is 10. The van der Waals surface area contributed by atoms with Gasteiger partial charge in [-0.15, -0.1) is 7.77 Å². The number of aliphatic hydroxyl groups is 2. The van der Waals surface area contributed by atoms with Crippen molar-refractivity contribution in [3.05, 3.63) is 161 Å². The summed E-state index contributed by atoms with van der Waals surface area (Å²) in [5.74, 6) is -13.5. The summed E-state index contributed by atoms with van der Waals surface area (Å²) in [5.41, 5.74) is -2.05. The van der Waals surface area contributed by atoms with E-state index in [1.807, 2.05) is 31.2 Å². The van der Waals surface area contributed by atoms with Crippen LogP contribution in [-0.2, 0) is 115 Å². The summed E-state index contributed by atoms with van der Waals surface area (Å²) < 4.78 is 122. The Morgan fingerprint density at radius 1 is 0.475 bits per heavy atom. The number of carboxylic acid groups (broad SMARTS) is 10. The molecule has 120 heavy (non-hydrogen) atoms. The van der Waals surface area contributed by atoms with Crippen LogP contribution < -0.4 is 22.2 Å². The van der Waals surface area contributed by atoms with Crippen LogP contribution in [-0.4, -0.2) is 214 Å². The first-order valence-electron chi connectivity index (χ1n) is 35.8. The third-order valence-corrected chi connectivity index (χ3v) is 22.9. The number of rotatable bonds is 34. The van der Waals surface area contributed by atoms with Gasteiger partial charge in [-0.2, -0.15) is 16.8 Å². The zero-order valence-corrected chi connectivity index (χ0v) is 68.0. The fourth-order valence-corrected chi connectivity index (χ4v) is 16.2. The Kier molecular flexibility index (Phi) is 38.8. The number of unbranched alkanes of at least 4 members (excludes halogenated alkanes) is 4. The number of aliphatic hydroxyl groups excluding tert-OH is 2. The molecule has 38 nitrogen and oxygen atoms in total. The molecule has 4 fully saturated rings. The molecule has 0 radical (unpaired) electrons. The van der Waals surface area contributed by atoms with Crippen LogP contribution in [0.3, 0.4) is 0 Å². The molecule has 658 valence electrons. The van der Waals surface area contributed by atoms with Crippen molar-refractivity contribution in [1.82, 2.24) is 9.13 Å². The number of hydrogen-bond acceptors (Lipinski definition) is 26. The molecule has 5 aliphatic rings. The van der Waals surface area contributed by atoms with Crippen LogP contribution in [0.2, 0.25) is 0 Å². The zero-order chi connectivity index (χ0) is 90.7. The van der Waals surface area contributed by atoms with E-state index in [-0.39, 0.29) is 70.2 Å².